The van der Waals surface area contributed by atoms with E-state index < -0.39 is 0 Å². The van der Waals surface area contributed by atoms with Crippen LogP contribution in [0.1, 0.15) is 70.6 Å². The Morgan fingerprint density at radius 2 is 1.59 bits per heavy atom. The maximum atomic E-state index is 9.68. The normalized spacial score (nSPS) is 34.8. The van der Waals surface area contributed by atoms with E-state index in [1.807, 2.05) is 0 Å². The highest BCUT2D eigenvalue weighted by Crippen LogP contribution is 2.48. The summed E-state index contributed by atoms with van der Waals surface area (Å²) in [5.41, 5.74) is 0.481. The van der Waals surface area contributed by atoms with E-state index in [-0.39, 0.29) is 11.0 Å². The van der Waals surface area contributed by atoms with Gasteiger partial charge in [0.15, 0.2) is 0 Å². The highest BCUT2D eigenvalue weighted by molar-refractivity contribution is 4.95. The first-order valence-electron chi connectivity index (χ1n) is 7.55. The second-order valence-corrected chi connectivity index (χ2v) is 6.74. The largest absolute Gasteiger partial charge is 0.396 e. The molecular formula is C15H26O2. The molecule has 3 fully saturated rings. The molecule has 1 spiro atoms. The van der Waals surface area contributed by atoms with E-state index in [0.717, 1.165) is 6.42 Å². The zero-order chi connectivity index (χ0) is 11.8. The molecule has 0 aromatic rings. The van der Waals surface area contributed by atoms with Gasteiger partial charge in [0.25, 0.3) is 0 Å². The van der Waals surface area contributed by atoms with Crippen LogP contribution in [0.2, 0.25) is 0 Å². The van der Waals surface area contributed by atoms with Gasteiger partial charge in [-0.25, -0.2) is 0 Å². The number of aliphatic hydroxyl groups excluding tert-OH is 1. The van der Waals surface area contributed by atoms with Crippen molar-refractivity contribution in [1.82, 2.24) is 0 Å². The first-order chi connectivity index (χ1) is 8.26. The molecule has 2 saturated carbocycles. The molecule has 1 N–H and O–H groups in total. The van der Waals surface area contributed by atoms with Crippen molar-refractivity contribution in [3.63, 3.8) is 0 Å². The van der Waals surface area contributed by atoms with Crippen molar-refractivity contribution in [2.75, 3.05) is 6.61 Å². The van der Waals surface area contributed by atoms with Gasteiger partial charge in [-0.05, 0) is 50.4 Å². The molecular weight excluding hydrogens is 212 g/mol. The Hall–Kier alpha value is -0.0800. The van der Waals surface area contributed by atoms with Gasteiger partial charge in [-0.1, -0.05) is 25.7 Å². The van der Waals surface area contributed by atoms with Crippen molar-refractivity contribution >= 4 is 0 Å². The number of hydrogen-bond donors (Lipinski definition) is 1. The molecule has 0 aromatic carbocycles. The van der Waals surface area contributed by atoms with Gasteiger partial charge in [0.05, 0.1) is 11.7 Å². The van der Waals surface area contributed by atoms with Gasteiger partial charge in [0, 0.05) is 6.61 Å². The number of aliphatic hydroxyl groups is 1. The summed E-state index contributed by atoms with van der Waals surface area (Å²) >= 11 is 0. The van der Waals surface area contributed by atoms with Crippen molar-refractivity contribution in [2.45, 2.75) is 82.3 Å². The average Bonchev–Trinajstić information content (AvgIpc) is 3.04. The Bertz CT molecular complexity index is 262. The van der Waals surface area contributed by atoms with Crippen LogP contribution in [0.25, 0.3) is 0 Å². The first-order valence-corrected chi connectivity index (χ1v) is 7.55. The Balaban J connectivity index is 1.59. The van der Waals surface area contributed by atoms with E-state index in [0.29, 0.717) is 12.7 Å². The molecule has 0 aromatic heterocycles. The number of rotatable bonds is 3. The van der Waals surface area contributed by atoms with Crippen LogP contribution in [0.15, 0.2) is 0 Å². The van der Waals surface area contributed by atoms with Crippen molar-refractivity contribution in [2.24, 2.45) is 5.41 Å². The lowest BCUT2D eigenvalue weighted by atomic mass is 9.81. The maximum absolute atomic E-state index is 9.68. The lowest BCUT2D eigenvalue weighted by Crippen LogP contribution is -2.30. The molecule has 3 aliphatic rings. The van der Waals surface area contributed by atoms with Crippen molar-refractivity contribution in [1.29, 1.82) is 0 Å². The third kappa shape index (κ3) is 2.26. The van der Waals surface area contributed by atoms with E-state index in [1.165, 1.54) is 64.2 Å². The molecule has 2 nitrogen and oxygen atoms in total. The minimum absolute atomic E-state index is 0.217. The molecule has 0 radical (unpaired) electrons. The van der Waals surface area contributed by atoms with Crippen molar-refractivity contribution < 1.29 is 9.84 Å². The van der Waals surface area contributed by atoms with Gasteiger partial charge in [-0.2, -0.15) is 0 Å². The summed E-state index contributed by atoms with van der Waals surface area (Å²) in [6.45, 7) is 0.375. The number of hydrogen-bond acceptors (Lipinski definition) is 2. The van der Waals surface area contributed by atoms with Gasteiger partial charge in [0.1, 0.15) is 0 Å². The minimum atomic E-state index is 0.217. The minimum Gasteiger partial charge on any atom is -0.396 e. The highest BCUT2D eigenvalue weighted by Gasteiger charge is 2.45. The second kappa shape index (κ2) is 4.55. The summed E-state index contributed by atoms with van der Waals surface area (Å²) in [5, 5.41) is 9.68. The molecule has 0 bridgehead atoms. The topological polar surface area (TPSA) is 29.5 Å². The third-order valence-electron chi connectivity index (χ3n) is 5.51. The Morgan fingerprint density at radius 3 is 2.24 bits per heavy atom. The molecule has 1 aliphatic heterocycles. The molecule has 98 valence electrons. The van der Waals surface area contributed by atoms with Crippen LogP contribution < -0.4 is 0 Å². The smallest absolute Gasteiger partial charge is 0.0687 e. The van der Waals surface area contributed by atoms with Crippen LogP contribution >= 0.6 is 0 Å². The fourth-order valence-corrected chi connectivity index (χ4v) is 4.46. The summed E-state index contributed by atoms with van der Waals surface area (Å²) in [6.07, 6.45) is 14.4. The number of ether oxygens (including phenoxy) is 1. The van der Waals surface area contributed by atoms with E-state index in [1.54, 1.807) is 0 Å². The summed E-state index contributed by atoms with van der Waals surface area (Å²) in [6, 6.07) is 0. The second-order valence-electron chi connectivity index (χ2n) is 6.74. The molecule has 17 heavy (non-hydrogen) atoms. The Labute approximate surface area is 105 Å². The summed E-state index contributed by atoms with van der Waals surface area (Å²) in [5.74, 6) is 0. The molecule has 3 rings (SSSR count). The van der Waals surface area contributed by atoms with Crippen LogP contribution in [0.3, 0.4) is 0 Å². The van der Waals surface area contributed by atoms with Crippen LogP contribution in [-0.2, 0) is 4.74 Å². The van der Waals surface area contributed by atoms with Crippen LogP contribution in [-0.4, -0.2) is 23.4 Å². The van der Waals surface area contributed by atoms with Gasteiger partial charge >= 0.3 is 0 Å². The van der Waals surface area contributed by atoms with Crippen LogP contribution in [0.4, 0.5) is 0 Å². The third-order valence-corrected chi connectivity index (χ3v) is 5.51. The zero-order valence-electron chi connectivity index (χ0n) is 10.9. The Kier molecular flexibility index (Phi) is 3.20. The zero-order valence-corrected chi connectivity index (χ0v) is 10.9. The average molecular weight is 238 g/mol. The summed E-state index contributed by atoms with van der Waals surface area (Å²) < 4.78 is 6.39. The van der Waals surface area contributed by atoms with E-state index >= 15 is 0 Å². The maximum Gasteiger partial charge on any atom is 0.0687 e. The van der Waals surface area contributed by atoms with Crippen molar-refractivity contribution in [3.8, 4) is 0 Å². The molecule has 2 heteroatoms. The van der Waals surface area contributed by atoms with Crippen molar-refractivity contribution in [3.05, 3.63) is 0 Å². The van der Waals surface area contributed by atoms with E-state index in [2.05, 4.69) is 0 Å². The standard InChI is InChI=1S/C15H26O2/c16-12-14(6-1-2-7-14)11-13-5-10-15(17-13)8-3-4-9-15/h13,16H,1-12H2. The Morgan fingerprint density at radius 1 is 0.941 bits per heavy atom. The van der Waals surface area contributed by atoms with Gasteiger partial charge in [-0.3, -0.25) is 0 Å². The van der Waals surface area contributed by atoms with Gasteiger partial charge in [-0.15, -0.1) is 0 Å². The molecule has 0 amide bonds. The predicted octanol–water partition coefficient (Wildman–Crippen LogP) is 3.42. The molecule has 1 heterocycles. The lowest BCUT2D eigenvalue weighted by molar-refractivity contribution is -0.0590. The van der Waals surface area contributed by atoms with E-state index in [9.17, 15) is 5.11 Å². The molecule has 1 atom stereocenters. The van der Waals surface area contributed by atoms with Crippen LogP contribution in [0, 0.1) is 5.41 Å². The fourth-order valence-electron chi connectivity index (χ4n) is 4.46. The SMILES string of the molecule is OCC1(CC2CCC3(CCCC3)O2)CCCC1. The quantitative estimate of drug-likeness (QED) is 0.816. The molecule has 1 unspecified atom stereocenters. The fraction of sp³-hybridized carbons (Fsp3) is 1.00. The molecule has 2 aliphatic carbocycles. The monoisotopic (exact) mass is 238 g/mol. The predicted molar refractivity (Wildman–Crippen MR) is 67.9 cm³/mol. The van der Waals surface area contributed by atoms with Gasteiger partial charge < -0.3 is 9.84 Å². The lowest BCUT2D eigenvalue weighted by Gasteiger charge is -2.31. The van der Waals surface area contributed by atoms with Gasteiger partial charge in [0.2, 0.25) is 0 Å². The summed E-state index contributed by atoms with van der Waals surface area (Å²) in [7, 11) is 0. The molecule has 1 saturated heterocycles. The highest BCUT2D eigenvalue weighted by atomic mass is 16.5. The van der Waals surface area contributed by atoms with E-state index in [4.69, 9.17) is 4.74 Å². The first kappa shape index (κ1) is 12.0. The van der Waals surface area contributed by atoms with Crippen LogP contribution in [0.5, 0.6) is 0 Å². The summed E-state index contributed by atoms with van der Waals surface area (Å²) in [4.78, 5) is 0.